The first-order valence-electron chi connectivity index (χ1n) is 11.7. The van der Waals surface area contributed by atoms with Crippen molar-refractivity contribution in [1.82, 2.24) is 4.90 Å². The van der Waals surface area contributed by atoms with Crippen LogP contribution in [0.15, 0.2) is 66.7 Å². The van der Waals surface area contributed by atoms with Gasteiger partial charge in [0.15, 0.2) is 5.75 Å². The number of rotatable bonds is 8. The fourth-order valence-corrected chi connectivity index (χ4v) is 5.47. The number of thiophene rings is 1. The van der Waals surface area contributed by atoms with Gasteiger partial charge in [0.1, 0.15) is 16.4 Å². The summed E-state index contributed by atoms with van der Waals surface area (Å²) < 4.78 is 58.2. The summed E-state index contributed by atoms with van der Waals surface area (Å²) >= 11 is 1.11. The number of hydrogen-bond acceptors (Lipinski definition) is 5. The molecule has 1 fully saturated rings. The number of phenols is 1. The summed E-state index contributed by atoms with van der Waals surface area (Å²) in [6, 6.07) is 16.2. The zero-order valence-corrected chi connectivity index (χ0v) is 20.4. The first kappa shape index (κ1) is 25.2. The molecule has 4 aromatic rings. The topological polar surface area (TPSA) is 49.8 Å². The third kappa shape index (κ3) is 5.47. The van der Waals surface area contributed by atoms with E-state index in [4.69, 9.17) is 4.74 Å². The first-order chi connectivity index (χ1) is 17.7. The van der Waals surface area contributed by atoms with E-state index in [1.807, 2.05) is 12.1 Å². The van der Waals surface area contributed by atoms with Crippen LogP contribution in [0.2, 0.25) is 0 Å². The van der Waals surface area contributed by atoms with Crippen LogP contribution in [0.4, 0.5) is 17.6 Å². The molecule has 0 spiro atoms. The number of fused-ring (bicyclic) bond motifs is 1. The summed E-state index contributed by atoms with van der Waals surface area (Å²) in [5.41, 5.74) is 0.361. The molecule has 4 nitrogen and oxygen atoms in total. The number of ether oxygens (including phenoxy) is 1. The molecule has 0 radical (unpaired) electrons. The molecule has 0 bridgehead atoms. The second-order valence-electron chi connectivity index (χ2n) is 9.12. The minimum absolute atomic E-state index is 0.0261. The molecule has 0 saturated carbocycles. The predicted octanol–water partition coefficient (Wildman–Crippen LogP) is 7.09. The average Bonchev–Trinajstić information content (AvgIpc) is 3.20. The summed E-state index contributed by atoms with van der Waals surface area (Å²) in [5, 5.41) is 10.5. The second kappa shape index (κ2) is 10.1. The van der Waals surface area contributed by atoms with Crippen molar-refractivity contribution < 1.29 is 32.2 Å². The van der Waals surface area contributed by atoms with Gasteiger partial charge in [0.2, 0.25) is 5.78 Å². The molecule has 0 unspecified atom stereocenters. The highest BCUT2D eigenvalue weighted by Gasteiger charge is 2.31. The van der Waals surface area contributed by atoms with Gasteiger partial charge in [-0.1, -0.05) is 24.3 Å². The van der Waals surface area contributed by atoms with Gasteiger partial charge in [-0.05, 0) is 54.4 Å². The fourth-order valence-electron chi connectivity index (χ4n) is 4.34. The number of nitrogens with zero attached hydrogens (tertiary/aromatic N) is 1. The van der Waals surface area contributed by atoms with E-state index in [0.29, 0.717) is 15.8 Å². The third-order valence-corrected chi connectivity index (χ3v) is 7.55. The lowest BCUT2D eigenvalue weighted by Gasteiger charge is -2.37. The monoisotopic (exact) mass is 529 g/mol. The molecule has 2 heterocycles. The largest absolute Gasteiger partial charge is 0.508 e. The molecule has 1 saturated heterocycles. The van der Waals surface area contributed by atoms with Crippen LogP contribution in [-0.2, 0) is 12.6 Å². The van der Waals surface area contributed by atoms with E-state index in [1.165, 1.54) is 12.1 Å². The number of benzene rings is 3. The molecule has 37 heavy (non-hydrogen) atoms. The van der Waals surface area contributed by atoms with Gasteiger partial charge in [0, 0.05) is 41.2 Å². The van der Waals surface area contributed by atoms with E-state index in [2.05, 4.69) is 4.90 Å². The van der Waals surface area contributed by atoms with Crippen LogP contribution >= 0.6 is 11.3 Å². The van der Waals surface area contributed by atoms with Crippen LogP contribution in [-0.4, -0.2) is 42.1 Å². The van der Waals surface area contributed by atoms with Gasteiger partial charge in [-0.2, -0.15) is 13.2 Å². The van der Waals surface area contributed by atoms with E-state index in [-0.39, 0.29) is 34.5 Å². The Labute approximate surface area is 214 Å². The molecule has 0 atom stereocenters. The van der Waals surface area contributed by atoms with Gasteiger partial charge < -0.3 is 14.7 Å². The predicted molar refractivity (Wildman–Crippen MR) is 134 cm³/mol. The van der Waals surface area contributed by atoms with Gasteiger partial charge >= 0.3 is 6.18 Å². The highest BCUT2D eigenvalue weighted by molar-refractivity contribution is 7.21. The zero-order valence-electron chi connectivity index (χ0n) is 19.6. The van der Waals surface area contributed by atoms with Crippen LogP contribution in [0, 0.1) is 5.92 Å². The molecular weight excluding hydrogens is 506 g/mol. The highest BCUT2D eigenvalue weighted by atomic mass is 32.1. The van der Waals surface area contributed by atoms with Crippen molar-refractivity contribution in [3.8, 4) is 17.2 Å². The van der Waals surface area contributed by atoms with Crippen LogP contribution in [0.5, 0.6) is 17.2 Å². The van der Waals surface area contributed by atoms with Crippen molar-refractivity contribution in [2.75, 3.05) is 26.3 Å². The molecule has 3 aromatic carbocycles. The molecular formula is C28H23F4NO3S. The van der Waals surface area contributed by atoms with Crippen molar-refractivity contribution in [2.24, 2.45) is 5.92 Å². The number of phenolic OH excluding ortho intramolecular Hbond substituents is 1. The summed E-state index contributed by atoms with van der Waals surface area (Å²) in [5.74, 6) is 0.493. The molecule has 5 rings (SSSR count). The minimum atomic E-state index is -4.50. The van der Waals surface area contributed by atoms with Crippen molar-refractivity contribution in [1.29, 1.82) is 0 Å². The van der Waals surface area contributed by atoms with Crippen LogP contribution in [0.3, 0.4) is 0 Å². The SMILES string of the molecule is O=C(c1ccc(C(F)(F)F)cc1)c1sc2cc(O)ccc2c1Oc1ccc(CCN2CC(CF)C2)cc1. The number of alkyl halides is 4. The van der Waals surface area contributed by atoms with E-state index < -0.39 is 17.5 Å². The zero-order chi connectivity index (χ0) is 26.2. The number of hydrogen-bond donors (Lipinski definition) is 1. The van der Waals surface area contributed by atoms with E-state index in [9.17, 15) is 27.5 Å². The minimum Gasteiger partial charge on any atom is -0.508 e. The second-order valence-corrected chi connectivity index (χ2v) is 10.2. The van der Waals surface area contributed by atoms with Gasteiger partial charge in [0.05, 0.1) is 12.2 Å². The van der Waals surface area contributed by atoms with Gasteiger partial charge in [0.25, 0.3) is 0 Å². The van der Waals surface area contributed by atoms with Crippen molar-refractivity contribution in [3.05, 3.63) is 88.3 Å². The quantitative estimate of drug-likeness (QED) is 0.196. The van der Waals surface area contributed by atoms with Gasteiger partial charge in [-0.15, -0.1) is 11.3 Å². The maximum absolute atomic E-state index is 13.3. The Kier molecular flexibility index (Phi) is 6.92. The third-order valence-electron chi connectivity index (χ3n) is 6.42. The number of carbonyl (C=O) groups excluding carboxylic acids is 1. The van der Waals surface area contributed by atoms with Crippen molar-refractivity contribution >= 4 is 27.2 Å². The Morgan fingerprint density at radius 2 is 1.73 bits per heavy atom. The van der Waals surface area contributed by atoms with Gasteiger partial charge in [-0.3, -0.25) is 9.18 Å². The Hall–Kier alpha value is -3.43. The fraction of sp³-hybridized carbons (Fsp3) is 0.250. The number of aromatic hydroxyl groups is 1. The Morgan fingerprint density at radius 3 is 2.38 bits per heavy atom. The lowest BCUT2D eigenvalue weighted by molar-refractivity contribution is -0.137. The lowest BCUT2D eigenvalue weighted by Crippen LogP contribution is -2.48. The smallest absolute Gasteiger partial charge is 0.416 e. The Bertz CT molecular complexity index is 1410. The summed E-state index contributed by atoms with van der Waals surface area (Å²) in [6.07, 6.45) is -3.68. The molecule has 1 N–H and O–H groups in total. The molecule has 0 amide bonds. The van der Waals surface area contributed by atoms with E-state index in [0.717, 1.165) is 67.2 Å². The summed E-state index contributed by atoms with van der Waals surface area (Å²) in [7, 11) is 0. The van der Waals surface area contributed by atoms with Gasteiger partial charge in [-0.25, -0.2) is 0 Å². The molecule has 1 aliphatic rings. The molecule has 1 aliphatic heterocycles. The Morgan fingerprint density at radius 1 is 1.03 bits per heavy atom. The van der Waals surface area contributed by atoms with E-state index in [1.54, 1.807) is 18.2 Å². The summed E-state index contributed by atoms with van der Waals surface area (Å²) in [6.45, 7) is 2.15. The first-order valence-corrected chi connectivity index (χ1v) is 12.6. The highest BCUT2D eigenvalue weighted by Crippen LogP contribution is 2.43. The van der Waals surface area contributed by atoms with E-state index >= 15 is 0 Å². The van der Waals surface area contributed by atoms with Crippen LogP contribution in [0.1, 0.15) is 26.4 Å². The maximum atomic E-state index is 13.3. The maximum Gasteiger partial charge on any atom is 0.416 e. The standard InChI is InChI=1S/C28H23F4NO3S/c29-14-18-15-33(16-18)12-11-17-1-8-22(9-2-17)36-26-23-10-7-21(34)13-24(23)37-27(26)25(35)19-3-5-20(6-4-19)28(30,31)32/h1-10,13,18,34H,11-12,14-16H2. The number of carbonyl (C=O) groups is 1. The normalized spacial score (nSPS) is 14.6. The molecule has 1 aromatic heterocycles. The average molecular weight is 530 g/mol. The van der Waals surface area contributed by atoms with Crippen molar-refractivity contribution in [2.45, 2.75) is 12.6 Å². The van der Waals surface area contributed by atoms with Crippen LogP contribution < -0.4 is 4.74 Å². The number of halogens is 4. The molecule has 9 heteroatoms. The lowest BCUT2D eigenvalue weighted by atomic mass is 10.0. The van der Waals surface area contributed by atoms with Crippen LogP contribution in [0.25, 0.3) is 10.1 Å². The number of ketones is 1. The number of likely N-dealkylation sites (tertiary alicyclic amines) is 1. The molecule has 192 valence electrons. The molecule has 0 aliphatic carbocycles. The summed E-state index contributed by atoms with van der Waals surface area (Å²) in [4.78, 5) is 15.7. The van der Waals surface area contributed by atoms with Crippen molar-refractivity contribution in [3.63, 3.8) is 0 Å². The Balaban J connectivity index is 1.38.